The van der Waals surface area contributed by atoms with Crippen LogP contribution in [0, 0.1) is 0 Å². The van der Waals surface area contributed by atoms with E-state index < -0.39 is 0 Å². The molecule has 0 fully saturated rings. The summed E-state index contributed by atoms with van der Waals surface area (Å²) in [6.07, 6.45) is 7.98. The van der Waals surface area contributed by atoms with Gasteiger partial charge in [-0.25, -0.2) is 0 Å². The largest absolute Gasteiger partial charge is 0.493 e. The molecule has 0 saturated heterocycles. The lowest BCUT2D eigenvalue weighted by molar-refractivity contribution is -0.118. The highest BCUT2D eigenvalue weighted by molar-refractivity contribution is 5.72. The Labute approximate surface area is 269 Å². The molecule has 1 aliphatic carbocycles. The van der Waals surface area contributed by atoms with E-state index in [4.69, 9.17) is 9.47 Å². The van der Waals surface area contributed by atoms with Crippen LogP contribution in [0.4, 0.5) is 0 Å². The number of amides is 1. The number of aryl methyl sites for hydroxylation is 1. The first-order valence-electron chi connectivity index (χ1n) is 16.4. The predicted molar refractivity (Wildman–Crippen MR) is 183 cm³/mol. The lowest BCUT2D eigenvalue weighted by Crippen LogP contribution is -2.47. The van der Waals surface area contributed by atoms with Crippen LogP contribution >= 0.6 is 0 Å². The Kier molecular flexibility index (Phi) is 11.0. The molecule has 1 atom stereocenters. The summed E-state index contributed by atoms with van der Waals surface area (Å²) in [6.45, 7) is 3.15. The van der Waals surface area contributed by atoms with Gasteiger partial charge in [-0.05, 0) is 97.9 Å². The number of fused-ring (bicyclic) bond motifs is 1. The second-order valence-corrected chi connectivity index (χ2v) is 12.4. The summed E-state index contributed by atoms with van der Waals surface area (Å²) >= 11 is 0. The van der Waals surface area contributed by atoms with Crippen molar-refractivity contribution in [3.05, 3.63) is 131 Å². The molecule has 0 aliphatic heterocycles. The third-order valence-corrected chi connectivity index (χ3v) is 9.57. The molecule has 0 saturated carbocycles. The SMILES string of the molecule is COc1cc2c(cc1OC)C(Cc1ccccc1)(NCCCC(CCCNC(C)=O)(c1ccccc1)c1ccccc1)CCC2. The van der Waals surface area contributed by atoms with E-state index in [2.05, 4.69) is 114 Å². The number of carbonyl (C=O) groups excluding carboxylic acids is 1. The molecule has 5 nitrogen and oxygen atoms in total. The maximum Gasteiger partial charge on any atom is 0.216 e. The third kappa shape index (κ3) is 7.59. The smallest absolute Gasteiger partial charge is 0.216 e. The lowest BCUT2D eigenvalue weighted by Gasteiger charge is -2.42. The Bertz CT molecular complexity index is 1470. The predicted octanol–water partition coefficient (Wildman–Crippen LogP) is 7.75. The normalized spacial score (nSPS) is 16.1. The van der Waals surface area contributed by atoms with Crippen molar-refractivity contribution < 1.29 is 14.3 Å². The molecule has 45 heavy (non-hydrogen) atoms. The molecule has 0 bridgehead atoms. The molecule has 236 valence electrons. The maximum absolute atomic E-state index is 11.7. The summed E-state index contributed by atoms with van der Waals surface area (Å²) in [7, 11) is 3.43. The molecule has 4 aromatic rings. The van der Waals surface area contributed by atoms with Gasteiger partial charge in [0.05, 0.1) is 14.2 Å². The fourth-order valence-corrected chi connectivity index (χ4v) is 7.42. The van der Waals surface area contributed by atoms with Crippen LogP contribution < -0.4 is 20.1 Å². The van der Waals surface area contributed by atoms with Crippen LogP contribution in [0.1, 0.15) is 73.3 Å². The van der Waals surface area contributed by atoms with Gasteiger partial charge in [-0.1, -0.05) is 91.0 Å². The van der Waals surface area contributed by atoms with Gasteiger partial charge in [-0.2, -0.15) is 0 Å². The van der Waals surface area contributed by atoms with Crippen molar-refractivity contribution in [3.8, 4) is 11.5 Å². The van der Waals surface area contributed by atoms with E-state index in [1.807, 2.05) is 0 Å². The van der Waals surface area contributed by atoms with Crippen molar-refractivity contribution in [2.75, 3.05) is 27.3 Å². The highest BCUT2D eigenvalue weighted by Gasteiger charge is 2.38. The molecular formula is C40H48N2O3. The fraction of sp³-hybridized carbons (Fsp3) is 0.375. The minimum absolute atomic E-state index is 0.0231. The molecular weight excluding hydrogens is 556 g/mol. The van der Waals surface area contributed by atoms with Crippen molar-refractivity contribution in [2.24, 2.45) is 0 Å². The van der Waals surface area contributed by atoms with Gasteiger partial charge in [0.25, 0.3) is 0 Å². The molecule has 1 unspecified atom stereocenters. The van der Waals surface area contributed by atoms with Crippen LogP contribution in [0.2, 0.25) is 0 Å². The Hall–Kier alpha value is -4.09. The summed E-state index contributed by atoms with van der Waals surface area (Å²) < 4.78 is 11.5. The Morgan fingerprint density at radius 3 is 1.91 bits per heavy atom. The second-order valence-electron chi connectivity index (χ2n) is 12.4. The minimum Gasteiger partial charge on any atom is -0.493 e. The zero-order valence-corrected chi connectivity index (χ0v) is 27.1. The van der Waals surface area contributed by atoms with Crippen molar-refractivity contribution in [2.45, 2.75) is 69.2 Å². The van der Waals surface area contributed by atoms with Crippen LogP contribution in [0.25, 0.3) is 0 Å². The summed E-state index contributed by atoms with van der Waals surface area (Å²) in [5.41, 5.74) is 6.29. The first-order valence-corrected chi connectivity index (χ1v) is 16.4. The van der Waals surface area contributed by atoms with Crippen LogP contribution in [0.3, 0.4) is 0 Å². The fourth-order valence-electron chi connectivity index (χ4n) is 7.42. The quantitative estimate of drug-likeness (QED) is 0.136. The summed E-state index contributed by atoms with van der Waals surface area (Å²) in [5, 5.41) is 7.15. The Balaban J connectivity index is 1.45. The molecule has 5 rings (SSSR count). The van der Waals surface area contributed by atoms with Gasteiger partial charge >= 0.3 is 0 Å². The van der Waals surface area contributed by atoms with Gasteiger partial charge in [0.15, 0.2) is 11.5 Å². The number of rotatable bonds is 15. The molecule has 0 spiro atoms. The number of benzene rings is 4. The minimum atomic E-state index is -0.206. The zero-order valence-electron chi connectivity index (χ0n) is 27.1. The molecule has 2 N–H and O–H groups in total. The van der Waals surface area contributed by atoms with E-state index in [9.17, 15) is 4.79 Å². The van der Waals surface area contributed by atoms with E-state index in [-0.39, 0.29) is 16.9 Å². The molecule has 1 aliphatic rings. The average Bonchev–Trinajstić information content (AvgIpc) is 3.08. The van der Waals surface area contributed by atoms with Gasteiger partial charge in [0.2, 0.25) is 5.91 Å². The summed E-state index contributed by atoms with van der Waals surface area (Å²) in [5.74, 6) is 1.60. The molecule has 0 heterocycles. The molecule has 4 aromatic carbocycles. The van der Waals surface area contributed by atoms with E-state index in [0.29, 0.717) is 6.54 Å². The van der Waals surface area contributed by atoms with E-state index in [0.717, 1.165) is 69.4 Å². The Morgan fingerprint density at radius 1 is 0.778 bits per heavy atom. The van der Waals surface area contributed by atoms with Crippen molar-refractivity contribution in [1.29, 1.82) is 0 Å². The van der Waals surface area contributed by atoms with Gasteiger partial charge in [0, 0.05) is 24.4 Å². The maximum atomic E-state index is 11.7. The van der Waals surface area contributed by atoms with Gasteiger partial charge in [-0.3, -0.25) is 4.79 Å². The second kappa shape index (κ2) is 15.3. The van der Waals surface area contributed by atoms with E-state index in [1.54, 1.807) is 21.1 Å². The number of nitrogens with one attached hydrogen (secondary N) is 2. The number of methoxy groups -OCH3 is 2. The van der Waals surface area contributed by atoms with E-state index >= 15 is 0 Å². The number of hydrogen-bond acceptors (Lipinski definition) is 4. The molecule has 0 aromatic heterocycles. The highest BCUT2D eigenvalue weighted by Crippen LogP contribution is 2.44. The molecule has 1 amide bonds. The van der Waals surface area contributed by atoms with Crippen molar-refractivity contribution in [3.63, 3.8) is 0 Å². The van der Waals surface area contributed by atoms with Crippen LogP contribution in [0.15, 0.2) is 103 Å². The number of ether oxygens (including phenoxy) is 2. The summed E-state index contributed by atoms with van der Waals surface area (Å²) in [6, 6.07) is 37.1. The van der Waals surface area contributed by atoms with E-state index in [1.165, 1.54) is 27.8 Å². The molecule has 0 radical (unpaired) electrons. The number of hydrogen-bond donors (Lipinski definition) is 2. The first-order chi connectivity index (χ1) is 22.0. The van der Waals surface area contributed by atoms with Crippen LogP contribution in [-0.4, -0.2) is 33.2 Å². The van der Waals surface area contributed by atoms with Crippen LogP contribution in [0.5, 0.6) is 11.5 Å². The highest BCUT2D eigenvalue weighted by atomic mass is 16.5. The standard InChI is InChI=1S/C40H48N2O3/c1-31(43)41-26-14-23-39(34-19-9-5-10-20-34,35-21-11-6-12-22-35)24-15-27-42-40(30-32-16-7-4-8-17-32)25-13-18-33-28-37(44-2)38(45-3)29-36(33)40/h4-12,16-17,19-22,28-29,42H,13-15,18,23-27,30H2,1-3H3,(H,41,43). The monoisotopic (exact) mass is 604 g/mol. The van der Waals surface area contributed by atoms with Gasteiger partial charge < -0.3 is 20.1 Å². The topological polar surface area (TPSA) is 59.6 Å². The Morgan fingerprint density at radius 2 is 1.33 bits per heavy atom. The zero-order chi connectivity index (χ0) is 31.5. The summed E-state index contributed by atoms with van der Waals surface area (Å²) in [4.78, 5) is 11.7. The van der Waals surface area contributed by atoms with Gasteiger partial charge in [-0.15, -0.1) is 0 Å². The van der Waals surface area contributed by atoms with Crippen molar-refractivity contribution >= 4 is 5.91 Å². The molecule has 5 heteroatoms. The van der Waals surface area contributed by atoms with Crippen LogP contribution in [-0.2, 0) is 28.6 Å². The average molecular weight is 605 g/mol. The van der Waals surface area contributed by atoms with Gasteiger partial charge in [0.1, 0.15) is 0 Å². The lowest BCUT2D eigenvalue weighted by atomic mass is 9.68. The first kappa shape index (κ1) is 32.3. The number of carbonyl (C=O) groups is 1. The van der Waals surface area contributed by atoms with Crippen molar-refractivity contribution in [1.82, 2.24) is 10.6 Å². The third-order valence-electron chi connectivity index (χ3n) is 9.57.